The van der Waals surface area contributed by atoms with Crippen molar-refractivity contribution in [1.29, 1.82) is 0 Å². The molecule has 0 radical (unpaired) electrons. The van der Waals surface area contributed by atoms with Crippen LogP contribution in [0.2, 0.25) is 0 Å². The minimum Gasteiger partial charge on any atom is -0.342 e. The van der Waals surface area contributed by atoms with Gasteiger partial charge in [-0.05, 0) is 16.3 Å². The summed E-state index contributed by atoms with van der Waals surface area (Å²) >= 11 is 0. The third-order valence-corrected chi connectivity index (χ3v) is 3.92. The van der Waals surface area contributed by atoms with Gasteiger partial charge in [-0.1, -0.05) is 72.8 Å². The van der Waals surface area contributed by atoms with Crippen molar-refractivity contribution in [3.8, 4) is 11.3 Å². The fraction of sp³-hybridized carbons (Fsp3) is 0.0500. The Kier molecular flexibility index (Phi) is 3.20. The number of benzene rings is 3. The van der Waals surface area contributed by atoms with Gasteiger partial charge in [0.1, 0.15) is 5.82 Å². The van der Waals surface area contributed by atoms with Gasteiger partial charge in [0.2, 0.25) is 0 Å². The van der Waals surface area contributed by atoms with Crippen LogP contribution >= 0.6 is 0 Å². The molecule has 0 unspecified atom stereocenters. The zero-order valence-corrected chi connectivity index (χ0v) is 12.2. The lowest BCUT2D eigenvalue weighted by Gasteiger charge is -2.04. The Morgan fingerprint density at radius 3 is 2.45 bits per heavy atom. The lowest BCUT2D eigenvalue weighted by atomic mass is 10.0. The molecule has 1 heterocycles. The van der Waals surface area contributed by atoms with E-state index >= 15 is 0 Å². The van der Waals surface area contributed by atoms with Crippen molar-refractivity contribution in [2.45, 2.75) is 6.42 Å². The molecule has 0 aliphatic heterocycles. The summed E-state index contributed by atoms with van der Waals surface area (Å²) in [5.74, 6) is 0.995. The Bertz CT molecular complexity index is 902. The van der Waals surface area contributed by atoms with Crippen LogP contribution in [-0.2, 0) is 6.42 Å². The number of aromatic nitrogens is 2. The van der Waals surface area contributed by atoms with Crippen LogP contribution in [-0.4, -0.2) is 9.97 Å². The Labute approximate surface area is 129 Å². The predicted molar refractivity (Wildman–Crippen MR) is 90.8 cm³/mol. The molecule has 0 fully saturated rings. The van der Waals surface area contributed by atoms with E-state index in [0.717, 1.165) is 17.9 Å². The van der Waals surface area contributed by atoms with Gasteiger partial charge in [-0.2, -0.15) is 0 Å². The van der Waals surface area contributed by atoms with Gasteiger partial charge in [-0.3, -0.25) is 0 Å². The molecule has 1 N–H and O–H groups in total. The first kappa shape index (κ1) is 12.8. The van der Waals surface area contributed by atoms with Gasteiger partial charge < -0.3 is 4.98 Å². The number of nitrogens with one attached hydrogen (secondary N) is 1. The predicted octanol–water partition coefficient (Wildman–Crippen LogP) is 4.82. The molecule has 3 aromatic carbocycles. The molecule has 4 rings (SSSR count). The first-order chi connectivity index (χ1) is 10.9. The second-order valence-electron chi connectivity index (χ2n) is 5.43. The Morgan fingerprint density at radius 1 is 0.773 bits per heavy atom. The third-order valence-electron chi connectivity index (χ3n) is 3.92. The average Bonchev–Trinajstić information content (AvgIpc) is 3.03. The summed E-state index contributed by atoms with van der Waals surface area (Å²) in [4.78, 5) is 8.00. The third kappa shape index (κ3) is 2.40. The number of imidazole rings is 1. The van der Waals surface area contributed by atoms with E-state index in [4.69, 9.17) is 0 Å². The minimum absolute atomic E-state index is 0.825. The minimum atomic E-state index is 0.825. The van der Waals surface area contributed by atoms with E-state index in [1.807, 2.05) is 12.3 Å². The summed E-state index contributed by atoms with van der Waals surface area (Å²) in [5, 5.41) is 2.50. The lowest BCUT2D eigenvalue weighted by Crippen LogP contribution is -1.90. The highest BCUT2D eigenvalue weighted by Gasteiger charge is 2.07. The van der Waals surface area contributed by atoms with E-state index in [9.17, 15) is 0 Å². The van der Waals surface area contributed by atoms with Crippen molar-refractivity contribution >= 4 is 10.8 Å². The van der Waals surface area contributed by atoms with E-state index < -0.39 is 0 Å². The SMILES string of the molecule is c1ccc(Cc2ncc(-c3cccc4ccccc34)[nH]2)cc1. The molecule has 0 spiro atoms. The molecule has 4 aromatic rings. The van der Waals surface area contributed by atoms with E-state index in [2.05, 4.69) is 76.7 Å². The summed E-state index contributed by atoms with van der Waals surface area (Å²) in [6, 6.07) is 25.2. The maximum absolute atomic E-state index is 4.54. The topological polar surface area (TPSA) is 28.7 Å². The van der Waals surface area contributed by atoms with Gasteiger partial charge in [0, 0.05) is 12.0 Å². The van der Waals surface area contributed by atoms with Gasteiger partial charge in [0.25, 0.3) is 0 Å². The molecule has 0 bridgehead atoms. The molecule has 0 saturated carbocycles. The van der Waals surface area contributed by atoms with Crippen LogP contribution in [0.15, 0.2) is 79.0 Å². The fourth-order valence-electron chi connectivity index (χ4n) is 2.84. The Morgan fingerprint density at radius 2 is 1.55 bits per heavy atom. The molecule has 0 aliphatic rings. The van der Waals surface area contributed by atoms with Crippen LogP contribution in [0.5, 0.6) is 0 Å². The number of nitrogens with zero attached hydrogens (tertiary/aromatic N) is 1. The number of fused-ring (bicyclic) bond motifs is 1. The Balaban J connectivity index is 1.71. The van der Waals surface area contributed by atoms with Crippen molar-refractivity contribution in [1.82, 2.24) is 9.97 Å². The molecule has 2 nitrogen and oxygen atoms in total. The normalized spacial score (nSPS) is 10.9. The summed E-state index contributed by atoms with van der Waals surface area (Å²) in [6.45, 7) is 0. The van der Waals surface area contributed by atoms with Crippen molar-refractivity contribution in [3.05, 3.63) is 90.4 Å². The highest BCUT2D eigenvalue weighted by Crippen LogP contribution is 2.27. The first-order valence-electron chi connectivity index (χ1n) is 7.46. The highest BCUT2D eigenvalue weighted by molar-refractivity contribution is 5.95. The van der Waals surface area contributed by atoms with Crippen molar-refractivity contribution in [3.63, 3.8) is 0 Å². The summed E-state index contributed by atoms with van der Waals surface area (Å²) in [6.07, 6.45) is 2.76. The van der Waals surface area contributed by atoms with E-state index in [-0.39, 0.29) is 0 Å². The molecule has 0 aliphatic carbocycles. The van der Waals surface area contributed by atoms with Crippen molar-refractivity contribution < 1.29 is 0 Å². The highest BCUT2D eigenvalue weighted by atomic mass is 14.9. The van der Waals surface area contributed by atoms with Gasteiger partial charge in [-0.15, -0.1) is 0 Å². The zero-order chi connectivity index (χ0) is 14.8. The van der Waals surface area contributed by atoms with E-state index in [1.165, 1.54) is 21.9 Å². The summed E-state index contributed by atoms with van der Waals surface area (Å²) in [5.41, 5.74) is 3.54. The van der Waals surface area contributed by atoms with E-state index in [1.54, 1.807) is 0 Å². The molecule has 22 heavy (non-hydrogen) atoms. The van der Waals surface area contributed by atoms with Gasteiger partial charge in [0.15, 0.2) is 0 Å². The summed E-state index contributed by atoms with van der Waals surface area (Å²) < 4.78 is 0. The number of aromatic amines is 1. The van der Waals surface area contributed by atoms with E-state index in [0.29, 0.717) is 0 Å². The second-order valence-corrected chi connectivity index (χ2v) is 5.43. The van der Waals surface area contributed by atoms with Crippen molar-refractivity contribution in [2.24, 2.45) is 0 Å². The zero-order valence-electron chi connectivity index (χ0n) is 12.2. The quantitative estimate of drug-likeness (QED) is 0.574. The molecule has 0 atom stereocenters. The maximum atomic E-state index is 4.54. The molecule has 1 aromatic heterocycles. The first-order valence-corrected chi connectivity index (χ1v) is 7.46. The molecule has 106 valence electrons. The molecule has 2 heteroatoms. The maximum Gasteiger partial charge on any atom is 0.110 e. The van der Waals surface area contributed by atoms with Crippen LogP contribution in [0, 0.1) is 0 Å². The smallest absolute Gasteiger partial charge is 0.110 e. The number of H-pyrrole nitrogens is 1. The van der Waals surface area contributed by atoms with Crippen molar-refractivity contribution in [2.75, 3.05) is 0 Å². The summed E-state index contributed by atoms with van der Waals surface area (Å²) in [7, 11) is 0. The molecule has 0 amide bonds. The average molecular weight is 284 g/mol. The van der Waals surface area contributed by atoms with Gasteiger partial charge in [-0.25, -0.2) is 4.98 Å². The monoisotopic (exact) mass is 284 g/mol. The fourth-order valence-corrected chi connectivity index (χ4v) is 2.84. The largest absolute Gasteiger partial charge is 0.342 e. The van der Waals surface area contributed by atoms with Crippen LogP contribution in [0.3, 0.4) is 0 Å². The van der Waals surface area contributed by atoms with Crippen LogP contribution in [0.25, 0.3) is 22.0 Å². The van der Waals surface area contributed by atoms with Crippen LogP contribution in [0.1, 0.15) is 11.4 Å². The van der Waals surface area contributed by atoms with Crippen LogP contribution < -0.4 is 0 Å². The lowest BCUT2D eigenvalue weighted by molar-refractivity contribution is 1.03. The standard InChI is InChI=1S/C20H16N2/c1-2-7-15(8-3-1)13-20-21-14-19(22-20)18-12-6-10-16-9-4-5-11-17(16)18/h1-12,14H,13H2,(H,21,22). The molecular weight excluding hydrogens is 268 g/mol. The Hall–Kier alpha value is -2.87. The molecule has 0 saturated heterocycles. The molecular formula is C20H16N2. The second kappa shape index (κ2) is 5.49. The number of hydrogen-bond donors (Lipinski definition) is 1. The number of rotatable bonds is 3. The number of hydrogen-bond acceptors (Lipinski definition) is 1. The van der Waals surface area contributed by atoms with Crippen LogP contribution in [0.4, 0.5) is 0 Å². The van der Waals surface area contributed by atoms with Gasteiger partial charge in [0.05, 0.1) is 11.9 Å². The van der Waals surface area contributed by atoms with Gasteiger partial charge >= 0.3 is 0 Å².